The summed E-state index contributed by atoms with van der Waals surface area (Å²) in [6, 6.07) is 26.8. The van der Waals surface area contributed by atoms with E-state index in [9.17, 15) is 14.7 Å². The van der Waals surface area contributed by atoms with Crippen molar-refractivity contribution in [2.45, 2.75) is 57.7 Å². The van der Waals surface area contributed by atoms with Gasteiger partial charge in [-0.1, -0.05) is 47.5 Å². The van der Waals surface area contributed by atoms with E-state index in [1.54, 1.807) is 45.4 Å². The van der Waals surface area contributed by atoms with Gasteiger partial charge in [-0.3, -0.25) is 9.59 Å². The first-order valence-electron chi connectivity index (χ1n) is 22.8. The lowest BCUT2D eigenvalue weighted by Gasteiger charge is -2.15. The highest BCUT2D eigenvalue weighted by Crippen LogP contribution is 2.28. The molecule has 2 atom stereocenters. The SMILES string of the molecule is CCO.COCCc1ccc(OCC2CO2)cc1.COCCc1ccc(OC[C@@H](O)CNCCOc2ccc(C3=NNC(=O)CC3)cc2Cl)cc1.NCCOc1ccc(C2=NNC(=O)CC2)cc1Cl. The van der Waals surface area contributed by atoms with E-state index in [0.29, 0.717) is 99.4 Å². The van der Waals surface area contributed by atoms with Crippen molar-refractivity contribution in [1.82, 2.24) is 16.2 Å². The van der Waals surface area contributed by atoms with E-state index in [-0.39, 0.29) is 25.0 Å². The predicted octanol–water partition coefficient (Wildman–Crippen LogP) is 5.49. The summed E-state index contributed by atoms with van der Waals surface area (Å²) < 4.78 is 37.4. The average Bonchev–Trinajstić information content (AvgIpc) is 4.20. The molecule has 7 rings (SSSR count). The number of aliphatic hydroxyl groups is 2. The molecule has 1 fully saturated rings. The number of carbonyl (C=O) groups excluding carboxylic acids is 2. The minimum atomic E-state index is -0.641. The van der Waals surface area contributed by atoms with Gasteiger partial charge >= 0.3 is 0 Å². The van der Waals surface area contributed by atoms with Crippen LogP contribution in [-0.4, -0.2) is 132 Å². The number of carbonyl (C=O) groups is 2. The summed E-state index contributed by atoms with van der Waals surface area (Å²) in [5.74, 6) is 2.66. The minimum Gasteiger partial charge on any atom is -0.491 e. The van der Waals surface area contributed by atoms with Gasteiger partial charge in [-0.25, -0.2) is 10.9 Å². The number of methoxy groups -OCH3 is 2. The fourth-order valence-corrected chi connectivity index (χ4v) is 6.65. The molecule has 0 saturated carbocycles. The van der Waals surface area contributed by atoms with Gasteiger partial charge in [0.25, 0.3) is 0 Å². The monoisotopic (exact) mass is 996 g/mol. The summed E-state index contributed by atoms with van der Waals surface area (Å²) in [6.07, 6.45) is 3.54. The van der Waals surface area contributed by atoms with Crippen molar-refractivity contribution in [1.29, 1.82) is 0 Å². The molecule has 1 unspecified atom stereocenters. The highest BCUT2D eigenvalue weighted by atomic mass is 35.5. The van der Waals surface area contributed by atoms with E-state index in [1.165, 1.54) is 11.1 Å². The van der Waals surface area contributed by atoms with Gasteiger partial charge in [-0.05, 0) is 103 Å². The number of hydrazone groups is 2. The van der Waals surface area contributed by atoms with Crippen LogP contribution >= 0.6 is 23.2 Å². The van der Waals surface area contributed by atoms with Crippen LogP contribution in [0, 0.1) is 0 Å². The van der Waals surface area contributed by atoms with Crippen LogP contribution in [0.4, 0.5) is 0 Å². The van der Waals surface area contributed by atoms with Crippen LogP contribution in [0.2, 0.25) is 10.0 Å². The number of ether oxygens (including phenoxy) is 7. The van der Waals surface area contributed by atoms with E-state index in [1.807, 2.05) is 48.5 Å². The van der Waals surface area contributed by atoms with Gasteiger partial charge in [0.05, 0.1) is 41.3 Å². The number of benzene rings is 4. The van der Waals surface area contributed by atoms with Gasteiger partial charge in [0.2, 0.25) is 11.8 Å². The maximum Gasteiger partial charge on any atom is 0.240 e. The summed E-state index contributed by atoms with van der Waals surface area (Å²) in [4.78, 5) is 22.2. The molecule has 0 radical (unpaired) electrons. The molecule has 0 aliphatic carbocycles. The number of epoxide rings is 1. The van der Waals surface area contributed by atoms with Crippen molar-refractivity contribution in [3.05, 3.63) is 117 Å². The van der Waals surface area contributed by atoms with Crippen LogP contribution < -0.4 is 40.8 Å². The molecular weight excluding hydrogens is 931 g/mol. The van der Waals surface area contributed by atoms with E-state index in [2.05, 4.69) is 38.5 Å². The summed E-state index contributed by atoms with van der Waals surface area (Å²) in [7, 11) is 3.40. The topological polar surface area (TPSA) is 229 Å². The Labute approximate surface area is 414 Å². The molecule has 0 spiro atoms. The molecular formula is C50H66Cl2N6O11. The normalized spacial score (nSPS) is 15.2. The van der Waals surface area contributed by atoms with Gasteiger partial charge in [-0.2, -0.15) is 10.2 Å². The predicted molar refractivity (Wildman–Crippen MR) is 267 cm³/mol. The number of nitrogens with one attached hydrogen (secondary N) is 3. The molecule has 3 heterocycles. The number of hydrogen-bond donors (Lipinski definition) is 6. The second-order valence-corrected chi connectivity index (χ2v) is 16.3. The zero-order chi connectivity index (χ0) is 49.6. The highest BCUT2D eigenvalue weighted by molar-refractivity contribution is 6.33. The first kappa shape index (κ1) is 56.2. The Morgan fingerprint density at radius 2 is 1.20 bits per heavy atom. The molecule has 3 aliphatic rings. The Bertz CT molecular complexity index is 2200. The van der Waals surface area contributed by atoms with Crippen molar-refractivity contribution >= 4 is 46.4 Å². The maximum absolute atomic E-state index is 11.2. The van der Waals surface area contributed by atoms with Crippen LogP contribution in [0.15, 0.2) is 95.1 Å². The lowest BCUT2D eigenvalue weighted by molar-refractivity contribution is -0.122. The number of nitrogens with zero attached hydrogens (tertiary/aromatic N) is 2. The Hall–Kier alpha value is -5.34. The zero-order valence-electron chi connectivity index (χ0n) is 39.6. The smallest absolute Gasteiger partial charge is 0.240 e. The first-order chi connectivity index (χ1) is 33.5. The molecule has 17 nitrogen and oxygen atoms in total. The Morgan fingerprint density at radius 3 is 1.62 bits per heavy atom. The van der Waals surface area contributed by atoms with Crippen LogP contribution in [-0.2, 0) is 36.6 Å². The van der Waals surface area contributed by atoms with Gasteiger partial charge in [0.1, 0.15) is 61.6 Å². The van der Waals surface area contributed by atoms with E-state index >= 15 is 0 Å². The van der Waals surface area contributed by atoms with Crippen molar-refractivity contribution in [2.24, 2.45) is 15.9 Å². The standard InChI is InChI=1S/C24H30ClN3O5.C12H14ClN3O2.C12H16O3.C2H6O/c1-31-12-10-17-2-5-20(6-3-17)33-16-19(29)15-26-11-13-32-23-8-4-18(14-21(23)25)22-7-9-24(30)28-27-22;13-9-7-8(1-3-11(9)18-6-5-14)10-2-4-12(17)16-15-10;1-13-7-6-10-2-4-11(5-3-10)14-8-12-9-15-12;1-2-3/h2-6,8,14,19,26,29H,7,9-13,15-16H2,1H3,(H,28,30);1,3,7H,2,4-6,14H2,(H,16,17);2-5,12H,6-9H2,1H3;3H,2H2,1H3/t19-;;;/m0.../s1. The lowest BCUT2D eigenvalue weighted by Crippen LogP contribution is -2.33. The third-order valence-electron chi connectivity index (χ3n) is 9.95. The van der Waals surface area contributed by atoms with Gasteiger partial charge in [-0.15, -0.1) is 0 Å². The summed E-state index contributed by atoms with van der Waals surface area (Å²) >= 11 is 12.4. The number of nitrogens with two attached hydrogens (primary N) is 1. The minimum absolute atomic E-state index is 0.0623. The molecule has 4 aromatic carbocycles. The molecule has 4 aromatic rings. The van der Waals surface area contributed by atoms with Crippen LogP contribution in [0.5, 0.6) is 23.0 Å². The van der Waals surface area contributed by atoms with Crippen LogP contribution in [0.3, 0.4) is 0 Å². The maximum atomic E-state index is 11.2. The lowest BCUT2D eigenvalue weighted by atomic mass is 10.0. The van der Waals surface area contributed by atoms with Crippen molar-refractivity contribution < 1.29 is 53.0 Å². The van der Waals surface area contributed by atoms with Crippen molar-refractivity contribution in [3.63, 3.8) is 0 Å². The molecule has 69 heavy (non-hydrogen) atoms. The molecule has 376 valence electrons. The fraction of sp³-hybridized carbons (Fsp3) is 0.440. The molecule has 0 bridgehead atoms. The Morgan fingerprint density at radius 1 is 0.725 bits per heavy atom. The van der Waals surface area contributed by atoms with Crippen molar-refractivity contribution in [2.75, 3.05) is 86.7 Å². The molecule has 7 N–H and O–H groups in total. The second-order valence-electron chi connectivity index (χ2n) is 15.5. The largest absolute Gasteiger partial charge is 0.491 e. The Kier molecular flexibility index (Phi) is 26.5. The Balaban J connectivity index is 0.000000241. The molecule has 0 aromatic heterocycles. The average molecular weight is 998 g/mol. The number of hydrogen-bond acceptors (Lipinski definition) is 15. The third-order valence-corrected chi connectivity index (χ3v) is 10.5. The van der Waals surface area contributed by atoms with Gasteiger partial charge in [0.15, 0.2) is 0 Å². The first-order valence-corrected chi connectivity index (χ1v) is 23.6. The van der Waals surface area contributed by atoms with Gasteiger partial charge < -0.3 is 54.4 Å². The zero-order valence-corrected chi connectivity index (χ0v) is 41.1. The van der Waals surface area contributed by atoms with Crippen molar-refractivity contribution in [3.8, 4) is 23.0 Å². The highest BCUT2D eigenvalue weighted by Gasteiger charge is 2.23. The summed E-state index contributed by atoms with van der Waals surface area (Å²) in [5.41, 5.74) is 16.1. The van der Waals surface area contributed by atoms with Crippen LogP contribution in [0.1, 0.15) is 54.9 Å². The van der Waals surface area contributed by atoms with E-state index in [4.69, 9.17) is 67.2 Å². The quantitative estimate of drug-likeness (QED) is 0.0399. The molecule has 1 saturated heterocycles. The van der Waals surface area contributed by atoms with Crippen LogP contribution in [0.25, 0.3) is 0 Å². The summed E-state index contributed by atoms with van der Waals surface area (Å²) in [6.45, 7) is 7.26. The number of amides is 2. The summed E-state index contributed by atoms with van der Waals surface area (Å²) in [5, 5.41) is 29.9. The van der Waals surface area contributed by atoms with Gasteiger partial charge in [0, 0.05) is 66.1 Å². The number of rotatable bonds is 23. The number of aliphatic hydroxyl groups excluding tert-OH is 2. The molecule has 2 amide bonds. The second kappa shape index (κ2) is 32.5. The molecule has 3 aliphatic heterocycles. The third kappa shape index (κ3) is 22.3. The fourth-order valence-electron chi connectivity index (χ4n) is 6.18. The number of halogens is 2. The molecule has 19 heteroatoms. The van der Waals surface area contributed by atoms with E-state index in [0.717, 1.165) is 60.1 Å². The van der Waals surface area contributed by atoms with E-state index < -0.39 is 6.10 Å².